The van der Waals surface area contributed by atoms with Crippen LogP contribution in [0.2, 0.25) is 6.55 Å². The van der Waals surface area contributed by atoms with Crippen LogP contribution in [0.25, 0.3) is 0 Å². The number of hydrogen-bond donors (Lipinski definition) is 0. The topological polar surface area (TPSA) is 54.0 Å². The lowest BCUT2D eigenvalue weighted by molar-refractivity contribution is -0.139. The van der Waals surface area contributed by atoms with Crippen molar-refractivity contribution in [1.29, 1.82) is 0 Å². The molecule has 0 radical (unpaired) electrons. The first-order valence-electron chi connectivity index (χ1n) is 6.87. The highest BCUT2D eigenvalue weighted by atomic mass is 28.4. The van der Waals surface area contributed by atoms with Crippen LogP contribution in [0.1, 0.15) is 40.5 Å². The average Bonchev–Trinajstić information content (AvgIpc) is 2.33. The van der Waals surface area contributed by atoms with Crippen LogP contribution in [-0.4, -0.2) is 40.7 Å². The van der Waals surface area contributed by atoms with Crippen molar-refractivity contribution in [2.45, 2.75) is 52.7 Å². The minimum Gasteiger partial charge on any atom is -0.462 e. The van der Waals surface area contributed by atoms with Gasteiger partial charge in [0.05, 0.1) is 12.2 Å². The van der Waals surface area contributed by atoms with Crippen LogP contribution in [0.4, 0.5) is 0 Å². The van der Waals surface area contributed by atoms with Gasteiger partial charge in [0, 0.05) is 25.8 Å². The SMILES string of the molecule is C=C(C)C(=O)OCCCC(C)(C)O[Si](C)(OC)OCC. The molecular formula is C14H28O5Si. The monoisotopic (exact) mass is 304 g/mol. The van der Waals surface area contributed by atoms with Crippen LogP contribution in [-0.2, 0) is 22.8 Å². The fourth-order valence-corrected chi connectivity index (χ4v) is 3.62. The second kappa shape index (κ2) is 8.56. The predicted octanol–water partition coefficient (Wildman–Crippen LogP) is 2.93. The van der Waals surface area contributed by atoms with Gasteiger partial charge in [-0.2, -0.15) is 0 Å². The lowest BCUT2D eigenvalue weighted by Crippen LogP contribution is -2.48. The first-order valence-corrected chi connectivity index (χ1v) is 9.10. The van der Waals surface area contributed by atoms with Gasteiger partial charge in [-0.3, -0.25) is 0 Å². The molecule has 0 amide bonds. The smallest absolute Gasteiger partial charge is 0.462 e. The van der Waals surface area contributed by atoms with E-state index >= 15 is 0 Å². The number of carbonyl (C=O) groups excluding carboxylic acids is 1. The molecule has 0 aromatic carbocycles. The maximum atomic E-state index is 11.2. The maximum Gasteiger partial charge on any atom is 0.497 e. The minimum atomic E-state index is -2.58. The highest BCUT2D eigenvalue weighted by Crippen LogP contribution is 2.23. The van der Waals surface area contributed by atoms with Crippen molar-refractivity contribution < 1.29 is 22.8 Å². The molecule has 0 N–H and O–H groups in total. The first-order chi connectivity index (χ1) is 9.16. The maximum absolute atomic E-state index is 11.2. The lowest BCUT2D eigenvalue weighted by atomic mass is 10.0. The minimum absolute atomic E-state index is 0.353. The summed E-state index contributed by atoms with van der Waals surface area (Å²) in [4.78, 5) is 11.2. The van der Waals surface area contributed by atoms with Gasteiger partial charge in [-0.15, -0.1) is 0 Å². The summed E-state index contributed by atoms with van der Waals surface area (Å²) in [5.74, 6) is -0.353. The molecule has 5 nitrogen and oxygen atoms in total. The Bertz CT molecular complexity index is 330. The van der Waals surface area contributed by atoms with Gasteiger partial charge >= 0.3 is 14.8 Å². The zero-order chi connectivity index (χ0) is 15.8. The van der Waals surface area contributed by atoms with Crippen LogP contribution in [0.5, 0.6) is 0 Å². The molecule has 1 atom stereocenters. The van der Waals surface area contributed by atoms with Crippen molar-refractivity contribution >= 4 is 14.8 Å². The van der Waals surface area contributed by atoms with Crippen molar-refractivity contribution in [2.75, 3.05) is 20.3 Å². The molecule has 0 aromatic heterocycles. The molecule has 6 heteroatoms. The first kappa shape index (κ1) is 19.3. The molecule has 0 bridgehead atoms. The molecule has 0 aromatic rings. The predicted molar refractivity (Wildman–Crippen MR) is 80.4 cm³/mol. The van der Waals surface area contributed by atoms with Crippen LogP contribution >= 0.6 is 0 Å². The number of ether oxygens (including phenoxy) is 1. The second-order valence-corrected chi connectivity index (χ2v) is 8.01. The molecule has 0 aliphatic carbocycles. The van der Waals surface area contributed by atoms with Crippen LogP contribution < -0.4 is 0 Å². The van der Waals surface area contributed by atoms with Gasteiger partial charge in [0.2, 0.25) is 0 Å². The molecule has 0 saturated carbocycles. The quantitative estimate of drug-likeness (QED) is 0.269. The van der Waals surface area contributed by atoms with Crippen molar-refractivity contribution in [2.24, 2.45) is 0 Å². The van der Waals surface area contributed by atoms with Gasteiger partial charge < -0.3 is 18.0 Å². The molecular weight excluding hydrogens is 276 g/mol. The molecule has 0 fully saturated rings. The summed E-state index contributed by atoms with van der Waals surface area (Å²) in [5, 5.41) is 0. The Morgan fingerprint density at radius 1 is 1.35 bits per heavy atom. The Balaban J connectivity index is 4.18. The van der Waals surface area contributed by atoms with E-state index in [0.717, 1.165) is 6.42 Å². The van der Waals surface area contributed by atoms with E-state index in [-0.39, 0.29) is 11.6 Å². The molecule has 0 heterocycles. The van der Waals surface area contributed by atoms with E-state index in [1.54, 1.807) is 14.0 Å². The van der Waals surface area contributed by atoms with Gasteiger partial charge in [0.15, 0.2) is 0 Å². The Hall–Kier alpha value is -0.693. The van der Waals surface area contributed by atoms with Crippen LogP contribution in [0.3, 0.4) is 0 Å². The van der Waals surface area contributed by atoms with Crippen LogP contribution in [0, 0.1) is 0 Å². The summed E-state index contributed by atoms with van der Waals surface area (Å²) in [6.07, 6.45) is 1.46. The standard InChI is InChI=1S/C14H28O5Si/c1-8-18-20(7,16-6)19-14(4,5)10-9-11-17-13(15)12(2)3/h2,8-11H2,1,3-7H3. The van der Waals surface area contributed by atoms with E-state index in [0.29, 0.717) is 25.2 Å². The summed E-state index contributed by atoms with van der Waals surface area (Å²) in [7, 11) is -0.977. The normalized spacial score (nSPS) is 14.7. The number of carbonyl (C=O) groups is 1. The highest BCUT2D eigenvalue weighted by Gasteiger charge is 2.39. The summed E-state index contributed by atoms with van der Waals surface area (Å²) < 4.78 is 22.0. The summed E-state index contributed by atoms with van der Waals surface area (Å²) in [6, 6.07) is 0. The van der Waals surface area contributed by atoms with Crippen LogP contribution in [0.15, 0.2) is 12.2 Å². The van der Waals surface area contributed by atoms with E-state index in [1.807, 2.05) is 27.3 Å². The molecule has 0 rings (SSSR count). The van der Waals surface area contributed by atoms with Crippen molar-refractivity contribution in [1.82, 2.24) is 0 Å². The molecule has 0 spiro atoms. The Labute approximate surface area is 123 Å². The Kier molecular flexibility index (Phi) is 8.27. The zero-order valence-electron chi connectivity index (χ0n) is 13.6. The molecule has 0 saturated heterocycles. The molecule has 20 heavy (non-hydrogen) atoms. The van der Waals surface area contributed by atoms with Gasteiger partial charge in [-0.1, -0.05) is 6.58 Å². The van der Waals surface area contributed by atoms with Gasteiger partial charge in [0.1, 0.15) is 0 Å². The van der Waals surface area contributed by atoms with Gasteiger partial charge in [-0.25, -0.2) is 4.79 Å². The fraction of sp³-hybridized carbons (Fsp3) is 0.786. The lowest BCUT2D eigenvalue weighted by Gasteiger charge is -2.34. The van der Waals surface area contributed by atoms with Gasteiger partial charge in [0.25, 0.3) is 0 Å². The van der Waals surface area contributed by atoms with Crippen molar-refractivity contribution in [3.8, 4) is 0 Å². The van der Waals surface area contributed by atoms with E-state index in [9.17, 15) is 4.79 Å². The summed E-state index contributed by atoms with van der Waals surface area (Å²) >= 11 is 0. The third kappa shape index (κ3) is 7.79. The third-order valence-corrected chi connectivity index (χ3v) is 5.22. The average molecular weight is 304 g/mol. The molecule has 0 aliphatic heterocycles. The van der Waals surface area contributed by atoms with Crippen molar-refractivity contribution in [3.05, 3.63) is 12.2 Å². The largest absolute Gasteiger partial charge is 0.497 e. The van der Waals surface area contributed by atoms with E-state index < -0.39 is 8.80 Å². The third-order valence-electron chi connectivity index (χ3n) is 2.74. The van der Waals surface area contributed by atoms with E-state index in [2.05, 4.69) is 6.58 Å². The molecule has 0 aliphatic rings. The Morgan fingerprint density at radius 2 is 1.95 bits per heavy atom. The molecule has 1 unspecified atom stereocenters. The number of rotatable bonds is 10. The van der Waals surface area contributed by atoms with E-state index in [4.69, 9.17) is 18.0 Å². The summed E-state index contributed by atoms with van der Waals surface area (Å²) in [6.45, 7) is 13.8. The summed E-state index contributed by atoms with van der Waals surface area (Å²) in [5.41, 5.74) is 0.0260. The van der Waals surface area contributed by atoms with Crippen molar-refractivity contribution in [3.63, 3.8) is 0 Å². The highest BCUT2D eigenvalue weighted by molar-refractivity contribution is 6.59. The molecule has 118 valence electrons. The number of esters is 1. The second-order valence-electron chi connectivity index (χ2n) is 5.38. The Morgan fingerprint density at radius 3 is 2.40 bits per heavy atom. The number of hydrogen-bond acceptors (Lipinski definition) is 5. The van der Waals surface area contributed by atoms with E-state index in [1.165, 1.54) is 0 Å². The fourth-order valence-electron chi connectivity index (χ4n) is 1.73. The van der Waals surface area contributed by atoms with Gasteiger partial charge in [-0.05, 0) is 40.5 Å². The zero-order valence-corrected chi connectivity index (χ0v) is 14.6.